The number of benzene rings is 2. The minimum Gasteiger partial charge on any atom is -0.452 e. The fourth-order valence-corrected chi connectivity index (χ4v) is 5.38. The Morgan fingerprint density at radius 2 is 1.75 bits per heavy atom. The van der Waals surface area contributed by atoms with Crippen molar-refractivity contribution in [2.24, 2.45) is 0 Å². The molecule has 3 amide bonds. The Hall–Kier alpha value is -3.24. The minimum atomic E-state index is -3.15. The first-order chi connectivity index (χ1) is 15.1. The average molecular weight is 477 g/mol. The van der Waals surface area contributed by atoms with Gasteiger partial charge in [-0.15, -0.1) is 0 Å². The molecule has 0 aliphatic carbocycles. The Kier molecular flexibility index (Phi) is 5.74. The quantitative estimate of drug-likeness (QED) is 0.513. The van der Waals surface area contributed by atoms with Crippen molar-refractivity contribution in [1.82, 2.24) is 5.32 Å². The van der Waals surface area contributed by atoms with E-state index in [1.807, 2.05) is 0 Å². The van der Waals surface area contributed by atoms with Crippen molar-refractivity contribution in [3.05, 3.63) is 64.2 Å². The monoisotopic (exact) mass is 476 g/mol. The Balaban J connectivity index is 1.42. The number of carbonyl (C=O) groups is 4. The predicted molar refractivity (Wildman–Crippen MR) is 115 cm³/mol. The summed E-state index contributed by atoms with van der Waals surface area (Å²) >= 11 is 5.85. The van der Waals surface area contributed by atoms with E-state index in [-0.39, 0.29) is 28.2 Å². The van der Waals surface area contributed by atoms with E-state index < -0.39 is 46.2 Å². The summed E-state index contributed by atoms with van der Waals surface area (Å²) in [7, 11) is -3.15. The SMILES string of the molecule is O=C(COC(=O)c1ccc2c(c1)C(=O)N(c1ccc(Cl)cc1)C2=O)NC1CCS(=O)(=O)C1. The molecule has 2 heterocycles. The molecule has 2 aromatic carbocycles. The molecular weight excluding hydrogens is 460 g/mol. The summed E-state index contributed by atoms with van der Waals surface area (Å²) in [5, 5.41) is 2.97. The molecule has 2 aliphatic heterocycles. The molecule has 1 N–H and O–H groups in total. The molecule has 2 aromatic rings. The van der Waals surface area contributed by atoms with Crippen LogP contribution in [-0.4, -0.2) is 56.3 Å². The van der Waals surface area contributed by atoms with E-state index in [9.17, 15) is 27.6 Å². The highest BCUT2D eigenvalue weighted by Gasteiger charge is 2.37. The van der Waals surface area contributed by atoms with Crippen LogP contribution in [0.15, 0.2) is 42.5 Å². The van der Waals surface area contributed by atoms with Crippen LogP contribution in [0, 0.1) is 0 Å². The van der Waals surface area contributed by atoms with Gasteiger partial charge in [0.05, 0.1) is 33.9 Å². The zero-order valence-corrected chi connectivity index (χ0v) is 18.1. The molecule has 166 valence electrons. The topological polar surface area (TPSA) is 127 Å². The van der Waals surface area contributed by atoms with Gasteiger partial charge in [0, 0.05) is 11.1 Å². The molecule has 11 heteroatoms. The largest absolute Gasteiger partial charge is 0.452 e. The highest BCUT2D eigenvalue weighted by Crippen LogP contribution is 2.30. The summed E-state index contributed by atoms with van der Waals surface area (Å²) in [4.78, 5) is 50.7. The number of ether oxygens (including phenoxy) is 1. The maximum absolute atomic E-state index is 12.8. The maximum atomic E-state index is 12.8. The molecule has 9 nitrogen and oxygen atoms in total. The van der Waals surface area contributed by atoms with Gasteiger partial charge >= 0.3 is 5.97 Å². The number of hydrogen-bond donors (Lipinski definition) is 1. The van der Waals surface area contributed by atoms with Gasteiger partial charge in [0.1, 0.15) is 0 Å². The van der Waals surface area contributed by atoms with Crippen molar-refractivity contribution in [2.45, 2.75) is 12.5 Å². The number of rotatable bonds is 5. The van der Waals surface area contributed by atoms with Gasteiger partial charge < -0.3 is 10.1 Å². The van der Waals surface area contributed by atoms with Crippen LogP contribution in [0.4, 0.5) is 5.69 Å². The standard InChI is InChI=1S/C21H17ClN2O7S/c22-13-2-4-15(5-3-13)24-19(26)16-6-1-12(9-17(16)20(24)27)21(28)31-10-18(25)23-14-7-8-32(29,30)11-14/h1-6,9,14H,7-8,10-11H2,(H,23,25). The lowest BCUT2D eigenvalue weighted by molar-refractivity contribution is -0.124. The second-order valence-electron chi connectivity index (χ2n) is 7.43. The fourth-order valence-electron chi connectivity index (χ4n) is 3.59. The number of nitrogens with zero attached hydrogens (tertiary/aromatic N) is 1. The molecule has 0 radical (unpaired) electrons. The van der Waals surface area contributed by atoms with Crippen molar-refractivity contribution in [2.75, 3.05) is 23.0 Å². The van der Waals surface area contributed by atoms with Crippen LogP contribution in [0.2, 0.25) is 5.02 Å². The van der Waals surface area contributed by atoms with E-state index in [0.29, 0.717) is 17.1 Å². The first-order valence-corrected chi connectivity index (χ1v) is 11.8. The molecule has 1 atom stereocenters. The molecule has 4 rings (SSSR count). The first kappa shape index (κ1) is 22.0. The van der Waals surface area contributed by atoms with Gasteiger partial charge in [0.15, 0.2) is 16.4 Å². The lowest BCUT2D eigenvalue weighted by atomic mass is 10.1. The molecule has 32 heavy (non-hydrogen) atoms. The number of hydrogen-bond acceptors (Lipinski definition) is 7. The third kappa shape index (κ3) is 4.37. The van der Waals surface area contributed by atoms with Crippen molar-refractivity contribution in [1.29, 1.82) is 0 Å². The molecule has 1 fully saturated rings. The van der Waals surface area contributed by atoms with Crippen LogP contribution in [0.1, 0.15) is 37.5 Å². The third-order valence-electron chi connectivity index (χ3n) is 5.14. The molecule has 1 unspecified atom stereocenters. The van der Waals surface area contributed by atoms with E-state index in [0.717, 1.165) is 4.90 Å². The third-order valence-corrected chi connectivity index (χ3v) is 7.16. The molecule has 0 bridgehead atoms. The van der Waals surface area contributed by atoms with Gasteiger partial charge in [-0.1, -0.05) is 11.6 Å². The molecule has 1 saturated heterocycles. The van der Waals surface area contributed by atoms with Crippen LogP contribution in [0.3, 0.4) is 0 Å². The number of fused-ring (bicyclic) bond motifs is 1. The highest BCUT2D eigenvalue weighted by molar-refractivity contribution is 7.91. The second kappa shape index (κ2) is 8.36. The summed E-state index contributed by atoms with van der Waals surface area (Å²) in [5.41, 5.74) is 0.524. The molecule has 0 aromatic heterocycles. The summed E-state index contributed by atoms with van der Waals surface area (Å²) in [6.45, 7) is -0.601. The molecule has 0 saturated carbocycles. The number of amides is 3. The minimum absolute atomic E-state index is 0.000833. The maximum Gasteiger partial charge on any atom is 0.338 e. The fraction of sp³-hybridized carbons (Fsp3) is 0.238. The van der Waals surface area contributed by atoms with Gasteiger partial charge in [0.25, 0.3) is 17.7 Å². The van der Waals surface area contributed by atoms with Gasteiger partial charge in [-0.2, -0.15) is 0 Å². The van der Waals surface area contributed by atoms with E-state index in [2.05, 4.69) is 5.32 Å². The number of nitrogens with one attached hydrogen (secondary N) is 1. The zero-order valence-electron chi connectivity index (χ0n) is 16.5. The summed E-state index contributed by atoms with van der Waals surface area (Å²) < 4.78 is 27.9. The number of sulfone groups is 1. The Morgan fingerprint density at radius 1 is 1.06 bits per heavy atom. The zero-order chi connectivity index (χ0) is 23.0. The van der Waals surface area contributed by atoms with Crippen LogP contribution >= 0.6 is 11.6 Å². The number of anilines is 1. The lowest BCUT2D eigenvalue weighted by Crippen LogP contribution is -2.38. The van der Waals surface area contributed by atoms with E-state index in [1.54, 1.807) is 12.1 Å². The number of imide groups is 1. The van der Waals surface area contributed by atoms with Crippen molar-refractivity contribution < 1.29 is 32.3 Å². The van der Waals surface area contributed by atoms with Crippen molar-refractivity contribution >= 4 is 50.8 Å². The molecule has 2 aliphatic rings. The van der Waals surface area contributed by atoms with Gasteiger partial charge in [-0.3, -0.25) is 14.4 Å². The summed E-state index contributed by atoms with van der Waals surface area (Å²) in [6.07, 6.45) is 0.313. The number of esters is 1. The summed E-state index contributed by atoms with van der Waals surface area (Å²) in [5.74, 6) is -2.74. The van der Waals surface area contributed by atoms with Crippen LogP contribution in [-0.2, 0) is 19.4 Å². The summed E-state index contributed by atoms with van der Waals surface area (Å²) in [6, 6.07) is 9.60. The molecular formula is C21H17ClN2O7S. The smallest absolute Gasteiger partial charge is 0.338 e. The van der Waals surface area contributed by atoms with Crippen LogP contribution < -0.4 is 10.2 Å². The van der Waals surface area contributed by atoms with Gasteiger partial charge in [0.2, 0.25) is 0 Å². The Labute approximate surface area is 188 Å². The number of carbonyl (C=O) groups excluding carboxylic acids is 4. The van der Waals surface area contributed by atoms with E-state index >= 15 is 0 Å². The van der Waals surface area contributed by atoms with E-state index in [1.165, 1.54) is 30.3 Å². The second-order valence-corrected chi connectivity index (χ2v) is 10.1. The van der Waals surface area contributed by atoms with Crippen molar-refractivity contribution in [3.63, 3.8) is 0 Å². The highest BCUT2D eigenvalue weighted by atomic mass is 35.5. The first-order valence-electron chi connectivity index (χ1n) is 9.60. The molecule has 0 spiro atoms. The normalized spacial score (nSPS) is 19.0. The average Bonchev–Trinajstić information content (AvgIpc) is 3.22. The van der Waals surface area contributed by atoms with Crippen LogP contribution in [0.5, 0.6) is 0 Å². The van der Waals surface area contributed by atoms with E-state index in [4.69, 9.17) is 16.3 Å². The Morgan fingerprint density at radius 3 is 2.41 bits per heavy atom. The Bertz CT molecular complexity index is 1240. The van der Waals surface area contributed by atoms with Crippen molar-refractivity contribution in [3.8, 4) is 0 Å². The predicted octanol–water partition coefficient (Wildman–Crippen LogP) is 1.60. The van der Waals surface area contributed by atoms with Gasteiger partial charge in [-0.05, 0) is 48.9 Å². The van der Waals surface area contributed by atoms with Gasteiger partial charge in [-0.25, -0.2) is 18.1 Å². The number of halogens is 1. The lowest BCUT2D eigenvalue weighted by Gasteiger charge is -2.13. The van der Waals surface area contributed by atoms with Crippen LogP contribution in [0.25, 0.3) is 0 Å².